The highest BCUT2D eigenvalue weighted by Crippen LogP contribution is 2.21. The highest BCUT2D eigenvalue weighted by molar-refractivity contribution is 5.95. The zero-order valence-corrected chi connectivity index (χ0v) is 12.4. The first kappa shape index (κ1) is 15.7. The lowest BCUT2D eigenvalue weighted by Crippen LogP contribution is -2.39. The third-order valence-corrected chi connectivity index (χ3v) is 3.09. The van der Waals surface area contributed by atoms with E-state index in [0.717, 1.165) is 5.56 Å². The first-order valence-electron chi connectivity index (χ1n) is 6.75. The summed E-state index contributed by atoms with van der Waals surface area (Å²) in [6.45, 7) is 1.70. The summed E-state index contributed by atoms with van der Waals surface area (Å²) in [5.74, 6) is 0.102. The van der Waals surface area contributed by atoms with Gasteiger partial charge in [0.2, 0.25) is 11.8 Å². The van der Waals surface area contributed by atoms with Gasteiger partial charge in [0.25, 0.3) is 0 Å². The molecule has 22 heavy (non-hydrogen) atoms. The van der Waals surface area contributed by atoms with Gasteiger partial charge in [0.05, 0.1) is 6.54 Å². The summed E-state index contributed by atoms with van der Waals surface area (Å²) in [7, 11) is 1.66. The average molecular weight is 302 g/mol. The number of aromatic nitrogens is 1. The molecule has 7 nitrogen and oxygen atoms in total. The molecule has 1 heterocycles. The first-order valence-corrected chi connectivity index (χ1v) is 6.75. The van der Waals surface area contributed by atoms with E-state index >= 15 is 0 Å². The highest BCUT2D eigenvalue weighted by Gasteiger charge is 2.26. The molecule has 0 unspecified atom stereocenters. The summed E-state index contributed by atoms with van der Waals surface area (Å²) in [5, 5.41) is 6.41. The third-order valence-electron chi connectivity index (χ3n) is 3.09. The SMILES string of the molecule is Cc1cc(NC(=O)[C@H](c2ccccc2)N(C)CC(N)=O)no1. The van der Waals surface area contributed by atoms with Crippen LogP contribution in [-0.2, 0) is 9.59 Å². The Morgan fingerprint density at radius 2 is 2.05 bits per heavy atom. The van der Waals surface area contributed by atoms with Gasteiger partial charge in [-0.3, -0.25) is 14.5 Å². The number of nitrogens with two attached hydrogens (primary N) is 1. The van der Waals surface area contributed by atoms with Crippen molar-refractivity contribution in [3.8, 4) is 0 Å². The van der Waals surface area contributed by atoms with Crippen LogP contribution in [0.1, 0.15) is 17.4 Å². The van der Waals surface area contributed by atoms with Gasteiger partial charge in [-0.15, -0.1) is 0 Å². The zero-order chi connectivity index (χ0) is 16.1. The van der Waals surface area contributed by atoms with Crippen molar-refractivity contribution in [3.63, 3.8) is 0 Å². The molecule has 0 aliphatic heterocycles. The first-order chi connectivity index (χ1) is 10.5. The Labute approximate surface area is 128 Å². The Hall–Kier alpha value is -2.67. The quantitative estimate of drug-likeness (QED) is 0.831. The van der Waals surface area contributed by atoms with E-state index in [-0.39, 0.29) is 12.5 Å². The monoisotopic (exact) mass is 302 g/mol. The fourth-order valence-corrected chi connectivity index (χ4v) is 2.20. The molecule has 116 valence electrons. The average Bonchev–Trinajstić information content (AvgIpc) is 2.84. The number of anilines is 1. The van der Waals surface area contributed by atoms with E-state index < -0.39 is 11.9 Å². The summed E-state index contributed by atoms with van der Waals surface area (Å²) in [4.78, 5) is 25.3. The lowest BCUT2D eigenvalue weighted by atomic mass is 10.0. The Bertz CT molecular complexity index is 654. The molecule has 2 aromatic rings. The summed E-state index contributed by atoms with van der Waals surface area (Å²) in [5.41, 5.74) is 5.98. The number of benzene rings is 1. The molecule has 0 spiro atoms. The number of carbonyl (C=O) groups is 2. The maximum absolute atomic E-state index is 12.6. The van der Waals surface area contributed by atoms with Crippen LogP contribution in [0, 0.1) is 6.92 Å². The van der Waals surface area contributed by atoms with Crippen LogP contribution in [0.4, 0.5) is 5.82 Å². The molecule has 0 radical (unpaired) electrons. The molecule has 1 aromatic carbocycles. The standard InChI is InChI=1S/C15H18N4O3/c1-10-8-13(18-22-10)17-15(21)14(19(2)9-12(16)20)11-6-4-3-5-7-11/h3-8,14H,9H2,1-2H3,(H2,16,20)(H,17,18,21)/t14-/m0/s1. The van der Waals surface area contributed by atoms with Gasteiger partial charge in [0, 0.05) is 6.07 Å². The van der Waals surface area contributed by atoms with E-state index in [1.807, 2.05) is 30.3 Å². The van der Waals surface area contributed by atoms with Gasteiger partial charge in [-0.05, 0) is 19.5 Å². The smallest absolute Gasteiger partial charge is 0.247 e. The summed E-state index contributed by atoms with van der Waals surface area (Å²) in [6.07, 6.45) is 0. The molecule has 0 aliphatic carbocycles. The summed E-state index contributed by atoms with van der Waals surface area (Å²) < 4.78 is 4.92. The molecule has 0 aliphatic rings. The number of likely N-dealkylation sites (N-methyl/N-ethyl adjacent to an activating group) is 1. The number of nitrogens with one attached hydrogen (secondary N) is 1. The van der Waals surface area contributed by atoms with Crippen molar-refractivity contribution in [2.45, 2.75) is 13.0 Å². The van der Waals surface area contributed by atoms with Crippen molar-refractivity contribution < 1.29 is 14.1 Å². The van der Waals surface area contributed by atoms with Crippen LogP contribution in [0.2, 0.25) is 0 Å². The third kappa shape index (κ3) is 3.92. The van der Waals surface area contributed by atoms with Gasteiger partial charge in [-0.25, -0.2) is 0 Å². The molecule has 3 N–H and O–H groups in total. The summed E-state index contributed by atoms with van der Waals surface area (Å²) >= 11 is 0. The Kier molecular flexibility index (Phi) is 4.90. The lowest BCUT2D eigenvalue weighted by molar-refractivity contribution is -0.123. The molecule has 7 heteroatoms. The number of hydrogen-bond acceptors (Lipinski definition) is 5. The number of primary amides is 1. The van der Waals surface area contributed by atoms with Crippen LogP contribution in [0.3, 0.4) is 0 Å². The van der Waals surface area contributed by atoms with Crippen LogP contribution in [-0.4, -0.2) is 35.5 Å². The van der Waals surface area contributed by atoms with Crippen molar-refractivity contribution in [1.29, 1.82) is 0 Å². The second-order valence-electron chi connectivity index (χ2n) is 5.01. The Balaban J connectivity index is 2.23. The maximum Gasteiger partial charge on any atom is 0.247 e. The van der Waals surface area contributed by atoms with Crippen molar-refractivity contribution in [1.82, 2.24) is 10.1 Å². The van der Waals surface area contributed by atoms with Gasteiger partial charge in [0.15, 0.2) is 5.82 Å². The van der Waals surface area contributed by atoms with Gasteiger partial charge in [-0.1, -0.05) is 35.5 Å². The second kappa shape index (κ2) is 6.86. The molecular formula is C15H18N4O3. The normalized spacial score (nSPS) is 12.1. The van der Waals surface area contributed by atoms with E-state index in [0.29, 0.717) is 11.6 Å². The Morgan fingerprint density at radius 1 is 1.36 bits per heavy atom. The van der Waals surface area contributed by atoms with Crippen molar-refractivity contribution in [2.75, 3.05) is 18.9 Å². The van der Waals surface area contributed by atoms with E-state index in [2.05, 4.69) is 10.5 Å². The van der Waals surface area contributed by atoms with Crippen molar-refractivity contribution in [3.05, 3.63) is 47.7 Å². The number of amides is 2. The predicted octanol–water partition coefficient (Wildman–Crippen LogP) is 1.08. The van der Waals surface area contributed by atoms with Crippen LogP contribution >= 0.6 is 0 Å². The fraction of sp³-hybridized carbons (Fsp3) is 0.267. The zero-order valence-electron chi connectivity index (χ0n) is 12.4. The Morgan fingerprint density at radius 3 is 2.59 bits per heavy atom. The van der Waals surface area contributed by atoms with Crippen LogP contribution < -0.4 is 11.1 Å². The molecule has 1 atom stereocenters. The second-order valence-corrected chi connectivity index (χ2v) is 5.01. The molecular weight excluding hydrogens is 284 g/mol. The molecule has 2 rings (SSSR count). The number of rotatable bonds is 6. The largest absolute Gasteiger partial charge is 0.369 e. The maximum atomic E-state index is 12.6. The van der Waals surface area contributed by atoms with E-state index in [4.69, 9.17) is 10.3 Å². The molecule has 0 fully saturated rings. The molecule has 0 saturated carbocycles. The summed E-state index contributed by atoms with van der Waals surface area (Å²) in [6, 6.07) is 10.1. The van der Waals surface area contributed by atoms with E-state index in [1.54, 1.807) is 24.9 Å². The van der Waals surface area contributed by atoms with Crippen LogP contribution in [0.25, 0.3) is 0 Å². The molecule has 1 aromatic heterocycles. The predicted molar refractivity (Wildman–Crippen MR) is 80.9 cm³/mol. The highest BCUT2D eigenvalue weighted by atomic mass is 16.5. The topological polar surface area (TPSA) is 101 Å². The molecule has 0 bridgehead atoms. The van der Waals surface area contributed by atoms with Crippen molar-refractivity contribution in [2.24, 2.45) is 5.73 Å². The number of nitrogens with zero attached hydrogens (tertiary/aromatic N) is 2. The van der Waals surface area contributed by atoms with Gasteiger partial charge in [0.1, 0.15) is 11.8 Å². The number of hydrogen-bond donors (Lipinski definition) is 2. The van der Waals surface area contributed by atoms with Gasteiger partial charge >= 0.3 is 0 Å². The van der Waals surface area contributed by atoms with Crippen molar-refractivity contribution >= 4 is 17.6 Å². The fourth-order valence-electron chi connectivity index (χ4n) is 2.20. The van der Waals surface area contributed by atoms with E-state index in [9.17, 15) is 9.59 Å². The van der Waals surface area contributed by atoms with Gasteiger partial charge < -0.3 is 15.6 Å². The minimum Gasteiger partial charge on any atom is -0.369 e. The molecule has 0 saturated heterocycles. The minimum atomic E-state index is -0.661. The van der Waals surface area contributed by atoms with Gasteiger partial charge in [-0.2, -0.15) is 0 Å². The number of aryl methyl sites for hydroxylation is 1. The number of carbonyl (C=O) groups excluding carboxylic acids is 2. The van der Waals surface area contributed by atoms with Crippen LogP contribution in [0.5, 0.6) is 0 Å². The van der Waals surface area contributed by atoms with E-state index in [1.165, 1.54) is 0 Å². The minimum absolute atomic E-state index is 0.0369. The van der Waals surface area contributed by atoms with Crippen LogP contribution in [0.15, 0.2) is 40.9 Å². The molecule has 2 amide bonds. The lowest BCUT2D eigenvalue weighted by Gasteiger charge is -2.26.